The van der Waals surface area contributed by atoms with Crippen LogP contribution >= 0.6 is 11.6 Å². The number of likely N-dealkylation sites (N-methyl/N-ethyl adjacent to an activating group) is 1. The van der Waals surface area contributed by atoms with Gasteiger partial charge in [-0.25, -0.2) is 0 Å². The standard InChI is InChI=1S/C19H22ClN3O4/c1-22(10-16(24)21-15-9-5-4-8-14(15)20)17(25)11-23-18(26)12-6-2-3-7-13(12)19(23)27/h4-5,8-9,12-13H,2-3,6-7,10-11H2,1H3,(H,21,24)/t12-,13-/m1/s1. The molecule has 144 valence electrons. The zero-order chi connectivity index (χ0) is 19.6. The number of halogens is 1. The summed E-state index contributed by atoms with van der Waals surface area (Å²) in [5, 5.41) is 3.03. The molecule has 1 saturated carbocycles. The Morgan fingerprint density at radius 1 is 1.15 bits per heavy atom. The summed E-state index contributed by atoms with van der Waals surface area (Å²) in [5.74, 6) is -1.95. The van der Waals surface area contributed by atoms with Gasteiger partial charge in [-0.2, -0.15) is 0 Å². The van der Waals surface area contributed by atoms with Gasteiger partial charge in [-0.05, 0) is 25.0 Å². The minimum absolute atomic E-state index is 0.201. The van der Waals surface area contributed by atoms with E-state index in [0.717, 1.165) is 17.7 Å². The monoisotopic (exact) mass is 391 g/mol. The fourth-order valence-electron chi connectivity index (χ4n) is 3.70. The number of hydrogen-bond acceptors (Lipinski definition) is 4. The molecule has 0 spiro atoms. The van der Waals surface area contributed by atoms with E-state index in [2.05, 4.69) is 5.32 Å². The van der Waals surface area contributed by atoms with Gasteiger partial charge < -0.3 is 10.2 Å². The molecule has 1 aliphatic heterocycles. The van der Waals surface area contributed by atoms with Gasteiger partial charge in [0.25, 0.3) is 0 Å². The quantitative estimate of drug-likeness (QED) is 0.777. The second-order valence-electron chi connectivity index (χ2n) is 7.04. The van der Waals surface area contributed by atoms with Crippen LogP contribution in [0.1, 0.15) is 25.7 Å². The van der Waals surface area contributed by atoms with E-state index in [1.165, 1.54) is 11.9 Å². The third kappa shape index (κ3) is 4.13. The van der Waals surface area contributed by atoms with E-state index in [4.69, 9.17) is 11.6 Å². The van der Waals surface area contributed by atoms with Crippen molar-refractivity contribution < 1.29 is 19.2 Å². The Kier molecular flexibility index (Phi) is 5.79. The molecule has 1 aliphatic carbocycles. The number of para-hydroxylation sites is 1. The summed E-state index contributed by atoms with van der Waals surface area (Å²) in [7, 11) is 1.46. The van der Waals surface area contributed by atoms with Crippen LogP contribution in [0.5, 0.6) is 0 Å². The molecule has 2 atom stereocenters. The van der Waals surface area contributed by atoms with E-state index < -0.39 is 11.8 Å². The lowest BCUT2D eigenvalue weighted by atomic mass is 9.81. The lowest BCUT2D eigenvalue weighted by Gasteiger charge is -2.20. The SMILES string of the molecule is CN(CC(=O)Nc1ccccc1Cl)C(=O)CN1C(=O)[C@@H]2CCCC[C@H]2C1=O. The van der Waals surface area contributed by atoms with Crippen LogP contribution < -0.4 is 5.32 Å². The summed E-state index contributed by atoms with van der Waals surface area (Å²) < 4.78 is 0. The lowest BCUT2D eigenvalue weighted by Crippen LogP contribution is -2.44. The maximum absolute atomic E-state index is 12.4. The van der Waals surface area contributed by atoms with E-state index in [1.807, 2.05) is 0 Å². The number of imide groups is 1. The molecule has 1 N–H and O–H groups in total. The topological polar surface area (TPSA) is 86.8 Å². The largest absolute Gasteiger partial charge is 0.335 e. The van der Waals surface area contributed by atoms with Gasteiger partial charge in [0, 0.05) is 7.05 Å². The van der Waals surface area contributed by atoms with Crippen molar-refractivity contribution in [2.24, 2.45) is 11.8 Å². The number of amides is 4. The first-order chi connectivity index (χ1) is 12.9. The first-order valence-electron chi connectivity index (χ1n) is 9.02. The van der Waals surface area contributed by atoms with Gasteiger partial charge in [-0.3, -0.25) is 24.1 Å². The van der Waals surface area contributed by atoms with E-state index in [9.17, 15) is 19.2 Å². The minimum Gasteiger partial charge on any atom is -0.335 e. The number of rotatable bonds is 5. The van der Waals surface area contributed by atoms with Crippen LogP contribution in [0.25, 0.3) is 0 Å². The summed E-state index contributed by atoms with van der Waals surface area (Å²) in [4.78, 5) is 51.7. The van der Waals surface area contributed by atoms with Crippen LogP contribution in [-0.2, 0) is 19.2 Å². The van der Waals surface area contributed by atoms with Gasteiger partial charge in [0.2, 0.25) is 23.6 Å². The van der Waals surface area contributed by atoms with Crippen LogP contribution in [0.4, 0.5) is 5.69 Å². The number of fused-ring (bicyclic) bond motifs is 1. The first kappa shape index (κ1) is 19.4. The maximum atomic E-state index is 12.4. The number of anilines is 1. The fraction of sp³-hybridized carbons (Fsp3) is 0.474. The van der Waals surface area contributed by atoms with Crippen LogP contribution in [0.2, 0.25) is 5.02 Å². The van der Waals surface area contributed by atoms with Crippen molar-refractivity contribution in [2.45, 2.75) is 25.7 Å². The summed E-state index contributed by atoms with van der Waals surface area (Å²) in [6, 6.07) is 6.79. The smallest absolute Gasteiger partial charge is 0.244 e. The van der Waals surface area contributed by atoms with Gasteiger partial charge in [0.1, 0.15) is 6.54 Å². The normalized spacial score (nSPS) is 21.8. The van der Waals surface area contributed by atoms with Gasteiger partial charge >= 0.3 is 0 Å². The molecule has 2 aliphatic rings. The van der Waals surface area contributed by atoms with E-state index >= 15 is 0 Å². The molecule has 3 rings (SSSR count). The third-order valence-corrected chi connectivity index (χ3v) is 5.51. The molecule has 0 aromatic heterocycles. The lowest BCUT2D eigenvalue weighted by molar-refractivity contribution is -0.146. The van der Waals surface area contributed by atoms with Crippen molar-refractivity contribution in [3.63, 3.8) is 0 Å². The molecule has 1 saturated heterocycles. The second kappa shape index (κ2) is 8.08. The van der Waals surface area contributed by atoms with Crippen molar-refractivity contribution >= 4 is 40.9 Å². The highest BCUT2D eigenvalue weighted by Crippen LogP contribution is 2.37. The molecule has 1 aromatic carbocycles. The Morgan fingerprint density at radius 3 is 2.33 bits per heavy atom. The number of benzene rings is 1. The number of carbonyl (C=O) groups excluding carboxylic acids is 4. The predicted molar refractivity (Wildman–Crippen MR) is 99.9 cm³/mol. The predicted octanol–water partition coefficient (Wildman–Crippen LogP) is 1.91. The number of carbonyl (C=O) groups is 4. The molecule has 27 heavy (non-hydrogen) atoms. The van der Waals surface area contributed by atoms with E-state index in [1.54, 1.807) is 24.3 Å². The summed E-state index contributed by atoms with van der Waals surface area (Å²) in [6.07, 6.45) is 3.28. The third-order valence-electron chi connectivity index (χ3n) is 5.18. The van der Waals surface area contributed by atoms with Crippen LogP contribution in [0, 0.1) is 11.8 Å². The van der Waals surface area contributed by atoms with Gasteiger partial charge in [0.05, 0.1) is 29.1 Å². The van der Waals surface area contributed by atoms with Gasteiger partial charge in [-0.15, -0.1) is 0 Å². The molecule has 7 nitrogen and oxygen atoms in total. The molecule has 0 bridgehead atoms. The van der Waals surface area contributed by atoms with Crippen molar-refractivity contribution in [1.29, 1.82) is 0 Å². The van der Waals surface area contributed by atoms with Crippen LogP contribution in [-0.4, -0.2) is 53.6 Å². The molecule has 0 unspecified atom stereocenters. The Morgan fingerprint density at radius 2 is 1.74 bits per heavy atom. The van der Waals surface area contributed by atoms with Gasteiger partial charge in [-0.1, -0.05) is 36.6 Å². The van der Waals surface area contributed by atoms with E-state index in [-0.39, 0.29) is 36.7 Å². The zero-order valence-corrected chi connectivity index (χ0v) is 15.9. The van der Waals surface area contributed by atoms with Crippen molar-refractivity contribution in [2.75, 3.05) is 25.5 Å². The number of likely N-dealkylation sites (tertiary alicyclic amines) is 1. The van der Waals surface area contributed by atoms with Crippen molar-refractivity contribution in [3.05, 3.63) is 29.3 Å². The number of hydrogen-bond donors (Lipinski definition) is 1. The highest BCUT2D eigenvalue weighted by atomic mass is 35.5. The summed E-state index contributed by atoms with van der Waals surface area (Å²) >= 11 is 6.00. The molecule has 1 aromatic rings. The average molecular weight is 392 g/mol. The number of nitrogens with one attached hydrogen (secondary N) is 1. The van der Waals surface area contributed by atoms with Gasteiger partial charge in [0.15, 0.2) is 0 Å². The summed E-state index contributed by atoms with van der Waals surface area (Å²) in [6.45, 7) is -0.520. The molecule has 4 amide bonds. The molecular weight excluding hydrogens is 370 g/mol. The second-order valence-corrected chi connectivity index (χ2v) is 7.45. The molecule has 0 radical (unpaired) electrons. The molecule has 2 fully saturated rings. The summed E-state index contributed by atoms with van der Waals surface area (Å²) in [5.41, 5.74) is 0.457. The van der Waals surface area contributed by atoms with E-state index in [0.29, 0.717) is 23.6 Å². The first-order valence-corrected chi connectivity index (χ1v) is 9.40. The average Bonchev–Trinajstić information content (AvgIpc) is 2.89. The number of nitrogens with zero attached hydrogens (tertiary/aromatic N) is 2. The Labute approximate surface area is 162 Å². The maximum Gasteiger partial charge on any atom is 0.244 e. The zero-order valence-electron chi connectivity index (χ0n) is 15.1. The minimum atomic E-state index is -0.454. The van der Waals surface area contributed by atoms with Crippen LogP contribution in [0.3, 0.4) is 0 Å². The van der Waals surface area contributed by atoms with Crippen molar-refractivity contribution in [1.82, 2.24) is 9.80 Å². The fourth-order valence-corrected chi connectivity index (χ4v) is 3.88. The van der Waals surface area contributed by atoms with Crippen LogP contribution in [0.15, 0.2) is 24.3 Å². The Balaban J connectivity index is 1.56. The Hall–Kier alpha value is -2.41. The van der Waals surface area contributed by atoms with Crippen molar-refractivity contribution in [3.8, 4) is 0 Å². The molecular formula is C19H22ClN3O4. The molecule has 1 heterocycles. The Bertz CT molecular complexity index is 758. The molecule has 8 heteroatoms. The highest BCUT2D eigenvalue weighted by molar-refractivity contribution is 6.33. The highest BCUT2D eigenvalue weighted by Gasteiger charge is 2.48.